The first-order chi connectivity index (χ1) is 11.9. The molecule has 2 N–H and O–H groups in total. The molecule has 5 nitrogen and oxygen atoms in total. The van der Waals surface area contributed by atoms with Gasteiger partial charge in [0.15, 0.2) is 0 Å². The Morgan fingerprint density at radius 1 is 1.08 bits per heavy atom. The Labute approximate surface area is 157 Å². The van der Waals surface area contributed by atoms with Crippen molar-refractivity contribution < 1.29 is 14.3 Å². The molecule has 0 bridgehead atoms. The number of amides is 2. The van der Waals surface area contributed by atoms with Crippen LogP contribution in [0.4, 0.5) is 4.79 Å². The maximum absolute atomic E-state index is 12.1. The molecule has 2 aromatic carbocycles. The van der Waals surface area contributed by atoms with Gasteiger partial charge in [-0.05, 0) is 42.3 Å². The smallest absolute Gasteiger partial charge is 0.315 e. The van der Waals surface area contributed by atoms with E-state index in [0.717, 1.165) is 11.1 Å². The lowest BCUT2D eigenvalue weighted by atomic mass is 10.1. The number of hydrogen-bond acceptors (Lipinski definition) is 3. The van der Waals surface area contributed by atoms with Crippen molar-refractivity contribution in [3.63, 3.8) is 0 Å². The van der Waals surface area contributed by atoms with Crippen LogP contribution < -0.4 is 20.1 Å². The topological polar surface area (TPSA) is 59.6 Å². The van der Waals surface area contributed by atoms with Gasteiger partial charge in [0.05, 0.1) is 20.3 Å². The van der Waals surface area contributed by atoms with Crippen molar-refractivity contribution in [2.45, 2.75) is 19.5 Å². The molecule has 1 unspecified atom stereocenters. The van der Waals surface area contributed by atoms with Crippen molar-refractivity contribution in [1.82, 2.24) is 10.6 Å². The van der Waals surface area contributed by atoms with E-state index in [1.54, 1.807) is 38.5 Å². The average molecular weight is 383 g/mol. The van der Waals surface area contributed by atoms with Crippen molar-refractivity contribution in [3.8, 4) is 11.5 Å². The summed E-state index contributed by atoms with van der Waals surface area (Å²) in [7, 11) is 3.16. The Kier molecular flexibility index (Phi) is 6.79. The summed E-state index contributed by atoms with van der Waals surface area (Å²) < 4.78 is 10.4. The van der Waals surface area contributed by atoms with E-state index in [-0.39, 0.29) is 12.1 Å². The zero-order valence-electron chi connectivity index (χ0n) is 14.2. The van der Waals surface area contributed by atoms with Crippen LogP contribution >= 0.6 is 23.2 Å². The second-order valence-electron chi connectivity index (χ2n) is 5.44. The predicted molar refractivity (Wildman–Crippen MR) is 99.8 cm³/mol. The van der Waals surface area contributed by atoms with E-state index in [1.165, 1.54) is 0 Å². The molecule has 0 aromatic heterocycles. The standard InChI is InChI=1S/C18H20Cl2N2O3/c1-11(16-5-4-13(19)8-17(16)20)22-18(23)21-10-12-6-14(24-2)9-15(7-12)25-3/h4-9,11H,10H2,1-3H3,(H2,21,22,23). The Hall–Kier alpha value is -2.11. The van der Waals surface area contributed by atoms with Crippen molar-refractivity contribution >= 4 is 29.2 Å². The molecule has 0 radical (unpaired) electrons. The fraction of sp³-hybridized carbons (Fsp3) is 0.278. The van der Waals surface area contributed by atoms with Gasteiger partial charge >= 0.3 is 6.03 Å². The minimum Gasteiger partial charge on any atom is -0.497 e. The minimum atomic E-state index is -0.305. The van der Waals surface area contributed by atoms with Gasteiger partial charge in [0.25, 0.3) is 0 Å². The maximum atomic E-state index is 12.1. The fourth-order valence-corrected chi connectivity index (χ4v) is 2.90. The number of ether oxygens (including phenoxy) is 2. The highest BCUT2D eigenvalue weighted by atomic mass is 35.5. The van der Waals surface area contributed by atoms with Gasteiger partial charge in [0.2, 0.25) is 0 Å². The lowest BCUT2D eigenvalue weighted by molar-refractivity contribution is 0.237. The number of rotatable bonds is 6. The molecule has 0 spiro atoms. The van der Waals surface area contributed by atoms with E-state index in [4.69, 9.17) is 32.7 Å². The highest BCUT2D eigenvalue weighted by Crippen LogP contribution is 2.26. The molecular formula is C18H20Cl2N2O3. The summed E-state index contributed by atoms with van der Waals surface area (Å²) in [5.74, 6) is 1.33. The third-order valence-electron chi connectivity index (χ3n) is 3.64. The number of carbonyl (C=O) groups excluding carboxylic acids is 1. The van der Waals surface area contributed by atoms with Crippen LogP contribution in [0.15, 0.2) is 36.4 Å². The summed E-state index contributed by atoms with van der Waals surface area (Å²) in [4.78, 5) is 12.1. The van der Waals surface area contributed by atoms with Crippen LogP contribution in [0.25, 0.3) is 0 Å². The van der Waals surface area contributed by atoms with E-state index in [9.17, 15) is 4.79 Å². The highest BCUT2D eigenvalue weighted by Gasteiger charge is 2.13. The summed E-state index contributed by atoms with van der Waals surface area (Å²) >= 11 is 12.1. The van der Waals surface area contributed by atoms with Crippen LogP contribution in [0.5, 0.6) is 11.5 Å². The SMILES string of the molecule is COc1cc(CNC(=O)NC(C)c2ccc(Cl)cc2Cl)cc(OC)c1. The lowest BCUT2D eigenvalue weighted by Crippen LogP contribution is -2.36. The predicted octanol–water partition coefficient (Wildman–Crippen LogP) is 4.57. The van der Waals surface area contributed by atoms with Crippen LogP contribution in [0.3, 0.4) is 0 Å². The number of urea groups is 1. The third-order valence-corrected chi connectivity index (χ3v) is 4.20. The fourth-order valence-electron chi connectivity index (χ4n) is 2.33. The van der Waals surface area contributed by atoms with Crippen molar-refractivity contribution in [1.29, 1.82) is 0 Å². The summed E-state index contributed by atoms with van der Waals surface area (Å²) in [6.45, 7) is 2.18. The molecule has 2 rings (SSSR count). The molecule has 1 atom stereocenters. The molecule has 0 saturated carbocycles. The third kappa shape index (κ3) is 5.44. The van der Waals surface area contributed by atoms with E-state index < -0.39 is 0 Å². The second kappa shape index (κ2) is 8.83. The minimum absolute atomic E-state index is 0.260. The molecule has 2 amide bonds. The van der Waals surface area contributed by atoms with Crippen LogP contribution in [-0.2, 0) is 6.54 Å². The van der Waals surface area contributed by atoms with E-state index in [2.05, 4.69) is 10.6 Å². The normalized spacial score (nSPS) is 11.6. The highest BCUT2D eigenvalue weighted by molar-refractivity contribution is 6.35. The first-order valence-electron chi connectivity index (χ1n) is 7.64. The number of carbonyl (C=O) groups is 1. The molecular weight excluding hydrogens is 363 g/mol. The molecule has 0 heterocycles. The Balaban J connectivity index is 1.96. The summed E-state index contributed by atoms with van der Waals surface area (Å²) in [6, 6.07) is 10.1. The molecule has 25 heavy (non-hydrogen) atoms. The van der Waals surface area contributed by atoms with Gasteiger partial charge in [-0.2, -0.15) is 0 Å². The number of methoxy groups -OCH3 is 2. The number of halogens is 2. The molecule has 7 heteroatoms. The van der Waals surface area contributed by atoms with Crippen LogP contribution in [0, 0.1) is 0 Å². The van der Waals surface area contributed by atoms with Gasteiger partial charge in [-0.3, -0.25) is 0 Å². The molecule has 0 saturated heterocycles. The van der Waals surface area contributed by atoms with Crippen molar-refractivity contribution in [2.75, 3.05) is 14.2 Å². The molecule has 134 valence electrons. The lowest BCUT2D eigenvalue weighted by Gasteiger charge is -2.17. The van der Waals surface area contributed by atoms with E-state index in [1.807, 2.05) is 19.1 Å². The zero-order valence-corrected chi connectivity index (χ0v) is 15.7. The molecule has 0 aliphatic rings. The largest absolute Gasteiger partial charge is 0.497 e. The van der Waals surface area contributed by atoms with E-state index in [0.29, 0.717) is 28.1 Å². The van der Waals surface area contributed by atoms with Gasteiger partial charge in [-0.1, -0.05) is 29.3 Å². The Bertz CT molecular complexity index is 731. The first-order valence-corrected chi connectivity index (χ1v) is 8.39. The second-order valence-corrected chi connectivity index (χ2v) is 6.28. The Morgan fingerprint density at radius 3 is 2.28 bits per heavy atom. The first kappa shape index (κ1) is 19.2. The summed E-state index contributed by atoms with van der Waals surface area (Å²) in [5, 5.41) is 6.71. The average Bonchev–Trinajstić information content (AvgIpc) is 2.59. The summed E-state index contributed by atoms with van der Waals surface area (Å²) in [5.41, 5.74) is 1.66. The molecule has 0 aliphatic heterocycles. The van der Waals surface area contributed by atoms with Gasteiger partial charge < -0.3 is 20.1 Å². The molecule has 0 aliphatic carbocycles. The maximum Gasteiger partial charge on any atom is 0.315 e. The van der Waals surface area contributed by atoms with Crippen LogP contribution in [0.2, 0.25) is 10.0 Å². The van der Waals surface area contributed by atoms with Gasteiger partial charge in [-0.25, -0.2) is 4.79 Å². The number of nitrogens with one attached hydrogen (secondary N) is 2. The number of benzene rings is 2. The Morgan fingerprint density at radius 2 is 1.72 bits per heavy atom. The van der Waals surface area contributed by atoms with Crippen molar-refractivity contribution in [2.24, 2.45) is 0 Å². The van der Waals surface area contributed by atoms with Crippen LogP contribution in [0.1, 0.15) is 24.1 Å². The van der Waals surface area contributed by atoms with Gasteiger partial charge in [-0.15, -0.1) is 0 Å². The monoisotopic (exact) mass is 382 g/mol. The van der Waals surface area contributed by atoms with Gasteiger partial charge in [0, 0.05) is 22.7 Å². The molecule has 2 aromatic rings. The summed E-state index contributed by atoms with van der Waals surface area (Å²) in [6.07, 6.45) is 0. The number of hydrogen-bond donors (Lipinski definition) is 2. The van der Waals surface area contributed by atoms with Gasteiger partial charge in [0.1, 0.15) is 11.5 Å². The van der Waals surface area contributed by atoms with Crippen molar-refractivity contribution in [3.05, 3.63) is 57.6 Å². The van der Waals surface area contributed by atoms with E-state index >= 15 is 0 Å². The quantitative estimate of drug-likeness (QED) is 0.768. The molecule has 0 fully saturated rings. The zero-order chi connectivity index (χ0) is 18.4. The van der Waals surface area contributed by atoms with Crippen LogP contribution in [-0.4, -0.2) is 20.3 Å².